The van der Waals surface area contributed by atoms with E-state index in [-0.39, 0.29) is 19.4 Å². The zero-order valence-corrected chi connectivity index (χ0v) is 10.1. The lowest BCUT2D eigenvalue weighted by Crippen LogP contribution is -2.43. The van der Waals surface area contributed by atoms with E-state index in [2.05, 4.69) is 5.32 Å². The molecule has 2 unspecified atom stereocenters. The number of alkyl halides is 3. The standard InChI is InChI=1S/C13H14F3NO2/c14-13(15,16)11-7-6-10(17-11)12(18)19-8-9-4-2-1-3-5-9/h1-5,10-11,17H,6-8H2. The van der Waals surface area contributed by atoms with Gasteiger partial charge in [0.1, 0.15) is 18.7 Å². The number of ether oxygens (including phenoxy) is 1. The van der Waals surface area contributed by atoms with E-state index in [1.54, 1.807) is 24.3 Å². The molecular formula is C13H14F3NO2. The van der Waals surface area contributed by atoms with Gasteiger partial charge in [0, 0.05) is 0 Å². The van der Waals surface area contributed by atoms with Crippen LogP contribution in [0.15, 0.2) is 30.3 Å². The Kier molecular flexibility index (Phi) is 4.09. The molecule has 2 atom stereocenters. The molecule has 0 saturated carbocycles. The van der Waals surface area contributed by atoms with Crippen LogP contribution >= 0.6 is 0 Å². The van der Waals surface area contributed by atoms with E-state index in [1.807, 2.05) is 6.07 Å². The summed E-state index contributed by atoms with van der Waals surface area (Å²) in [5, 5.41) is 2.27. The van der Waals surface area contributed by atoms with Crippen molar-refractivity contribution in [2.75, 3.05) is 0 Å². The zero-order valence-electron chi connectivity index (χ0n) is 10.1. The van der Waals surface area contributed by atoms with Crippen LogP contribution in [0.3, 0.4) is 0 Å². The summed E-state index contributed by atoms with van der Waals surface area (Å²) in [6.07, 6.45) is -4.25. The van der Waals surface area contributed by atoms with Crippen LogP contribution in [0.5, 0.6) is 0 Å². The van der Waals surface area contributed by atoms with Crippen LogP contribution in [-0.4, -0.2) is 24.2 Å². The number of esters is 1. The van der Waals surface area contributed by atoms with E-state index >= 15 is 0 Å². The van der Waals surface area contributed by atoms with Gasteiger partial charge in [-0.1, -0.05) is 30.3 Å². The predicted octanol–water partition coefficient (Wildman–Crippen LogP) is 2.41. The molecule has 1 heterocycles. The van der Waals surface area contributed by atoms with E-state index in [0.717, 1.165) is 5.56 Å². The zero-order chi connectivity index (χ0) is 13.9. The summed E-state index contributed by atoms with van der Waals surface area (Å²) >= 11 is 0. The van der Waals surface area contributed by atoms with Gasteiger partial charge in [-0.05, 0) is 18.4 Å². The Bertz CT molecular complexity index is 433. The quantitative estimate of drug-likeness (QED) is 0.859. The third kappa shape index (κ3) is 3.70. The highest BCUT2D eigenvalue weighted by molar-refractivity contribution is 5.76. The van der Waals surface area contributed by atoms with Crippen LogP contribution in [0, 0.1) is 0 Å². The SMILES string of the molecule is O=C(OCc1ccccc1)C1CCC(C(F)(F)F)N1. The number of hydrogen-bond donors (Lipinski definition) is 1. The van der Waals surface area contributed by atoms with Gasteiger partial charge in [-0.15, -0.1) is 0 Å². The van der Waals surface area contributed by atoms with Gasteiger partial charge in [-0.25, -0.2) is 0 Å². The first-order valence-electron chi connectivity index (χ1n) is 6.00. The third-order valence-electron chi connectivity index (χ3n) is 3.05. The molecule has 19 heavy (non-hydrogen) atoms. The Morgan fingerprint density at radius 3 is 2.53 bits per heavy atom. The second-order valence-corrected chi connectivity index (χ2v) is 4.48. The minimum absolute atomic E-state index is 0.0779. The molecular weight excluding hydrogens is 259 g/mol. The topological polar surface area (TPSA) is 38.3 Å². The number of rotatable bonds is 3. The molecule has 1 N–H and O–H groups in total. The Hall–Kier alpha value is -1.56. The van der Waals surface area contributed by atoms with Crippen molar-refractivity contribution in [2.45, 2.75) is 37.7 Å². The molecule has 1 aromatic carbocycles. The first-order chi connectivity index (χ1) is 8.97. The van der Waals surface area contributed by atoms with Crippen LogP contribution in [0.1, 0.15) is 18.4 Å². The van der Waals surface area contributed by atoms with Crippen molar-refractivity contribution < 1.29 is 22.7 Å². The van der Waals surface area contributed by atoms with E-state index < -0.39 is 24.2 Å². The normalized spacial score (nSPS) is 23.3. The lowest BCUT2D eigenvalue weighted by Gasteiger charge is -2.16. The van der Waals surface area contributed by atoms with Gasteiger partial charge in [-0.3, -0.25) is 10.1 Å². The molecule has 0 bridgehead atoms. The first kappa shape index (κ1) is 13.9. The van der Waals surface area contributed by atoms with Gasteiger partial charge >= 0.3 is 12.1 Å². The molecule has 0 spiro atoms. The lowest BCUT2D eigenvalue weighted by molar-refractivity contribution is -0.156. The van der Waals surface area contributed by atoms with Crippen LogP contribution < -0.4 is 5.32 Å². The summed E-state index contributed by atoms with van der Waals surface area (Å²) < 4.78 is 42.3. The van der Waals surface area contributed by atoms with Crippen molar-refractivity contribution in [1.29, 1.82) is 0 Å². The summed E-state index contributed by atoms with van der Waals surface area (Å²) in [5.41, 5.74) is 0.807. The summed E-state index contributed by atoms with van der Waals surface area (Å²) in [7, 11) is 0. The fourth-order valence-corrected chi connectivity index (χ4v) is 2.02. The second-order valence-electron chi connectivity index (χ2n) is 4.48. The molecule has 6 heteroatoms. The first-order valence-corrected chi connectivity index (χ1v) is 6.00. The molecule has 1 aliphatic rings. The minimum atomic E-state index is -4.31. The highest BCUT2D eigenvalue weighted by Gasteiger charge is 2.45. The molecule has 0 radical (unpaired) electrons. The van der Waals surface area contributed by atoms with Crippen LogP contribution in [0.4, 0.5) is 13.2 Å². The molecule has 3 nitrogen and oxygen atoms in total. The van der Waals surface area contributed by atoms with Gasteiger partial charge in [-0.2, -0.15) is 13.2 Å². The largest absolute Gasteiger partial charge is 0.460 e. The highest BCUT2D eigenvalue weighted by atomic mass is 19.4. The number of hydrogen-bond acceptors (Lipinski definition) is 3. The van der Waals surface area contributed by atoms with Gasteiger partial charge in [0.2, 0.25) is 0 Å². The number of carbonyl (C=O) groups is 1. The highest BCUT2D eigenvalue weighted by Crippen LogP contribution is 2.28. The monoisotopic (exact) mass is 273 g/mol. The van der Waals surface area contributed by atoms with E-state index in [1.165, 1.54) is 0 Å². The molecule has 1 fully saturated rings. The average molecular weight is 273 g/mol. The molecule has 104 valence electrons. The maximum absolute atomic E-state index is 12.4. The van der Waals surface area contributed by atoms with Crippen LogP contribution in [0.25, 0.3) is 0 Å². The van der Waals surface area contributed by atoms with E-state index in [0.29, 0.717) is 0 Å². The fraction of sp³-hybridized carbons (Fsp3) is 0.462. The Labute approximate surface area is 108 Å². The summed E-state index contributed by atoms with van der Waals surface area (Å²) in [4.78, 5) is 11.6. The van der Waals surface area contributed by atoms with Gasteiger partial charge in [0.15, 0.2) is 0 Å². The van der Waals surface area contributed by atoms with Gasteiger partial charge in [0.25, 0.3) is 0 Å². The number of benzene rings is 1. The minimum Gasteiger partial charge on any atom is -0.460 e. The van der Waals surface area contributed by atoms with Crippen molar-refractivity contribution >= 4 is 5.97 Å². The Morgan fingerprint density at radius 1 is 1.26 bits per heavy atom. The predicted molar refractivity (Wildman–Crippen MR) is 62.2 cm³/mol. The maximum Gasteiger partial charge on any atom is 0.403 e. The van der Waals surface area contributed by atoms with Crippen molar-refractivity contribution in [1.82, 2.24) is 5.32 Å². The Balaban J connectivity index is 1.82. The molecule has 2 rings (SSSR count). The maximum atomic E-state index is 12.4. The van der Waals surface area contributed by atoms with Crippen molar-refractivity contribution in [3.63, 3.8) is 0 Å². The summed E-state index contributed by atoms with van der Waals surface area (Å²) in [5.74, 6) is -0.629. The average Bonchev–Trinajstić information content (AvgIpc) is 2.87. The molecule has 1 aromatic rings. The van der Waals surface area contributed by atoms with Crippen molar-refractivity contribution in [3.8, 4) is 0 Å². The third-order valence-corrected chi connectivity index (χ3v) is 3.05. The van der Waals surface area contributed by atoms with Gasteiger partial charge < -0.3 is 4.74 Å². The fourth-order valence-electron chi connectivity index (χ4n) is 2.02. The second kappa shape index (κ2) is 5.61. The molecule has 0 aliphatic carbocycles. The number of nitrogens with one attached hydrogen (secondary N) is 1. The van der Waals surface area contributed by atoms with Crippen LogP contribution in [0.2, 0.25) is 0 Å². The van der Waals surface area contributed by atoms with Crippen LogP contribution in [-0.2, 0) is 16.1 Å². The van der Waals surface area contributed by atoms with Gasteiger partial charge in [0.05, 0.1) is 0 Å². The van der Waals surface area contributed by atoms with E-state index in [4.69, 9.17) is 4.74 Å². The Morgan fingerprint density at radius 2 is 1.95 bits per heavy atom. The van der Waals surface area contributed by atoms with Crippen molar-refractivity contribution in [2.24, 2.45) is 0 Å². The smallest absolute Gasteiger partial charge is 0.403 e. The lowest BCUT2D eigenvalue weighted by atomic mass is 10.2. The summed E-state index contributed by atoms with van der Waals surface area (Å²) in [6.45, 7) is 0.0779. The molecule has 1 saturated heterocycles. The van der Waals surface area contributed by atoms with E-state index in [9.17, 15) is 18.0 Å². The summed E-state index contributed by atoms with van der Waals surface area (Å²) in [6, 6.07) is 6.53. The molecule has 0 aromatic heterocycles. The molecule has 0 amide bonds. The number of halogens is 3. The molecule has 1 aliphatic heterocycles. The van der Waals surface area contributed by atoms with Crippen molar-refractivity contribution in [3.05, 3.63) is 35.9 Å². The number of carbonyl (C=O) groups excluding carboxylic acids is 1.